The molecule has 1 heterocycles. The number of Topliss-reactive ketones (excluding diaryl/α,β-unsaturated/α-hetero) is 1. The Morgan fingerprint density at radius 3 is 2.64 bits per heavy atom. The normalized spacial score (nSPS) is 15.8. The van der Waals surface area contributed by atoms with Gasteiger partial charge in [0.1, 0.15) is 39.6 Å². The van der Waals surface area contributed by atoms with Crippen molar-refractivity contribution < 1.29 is 37.6 Å². The van der Waals surface area contributed by atoms with E-state index in [2.05, 4.69) is 0 Å². The summed E-state index contributed by atoms with van der Waals surface area (Å²) in [6.07, 6.45) is -0.330. The Morgan fingerprint density at radius 2 is 1.96 bits per heavy atom. The maximum Gasteiger partial charge on any atom is 0.174 e. The van der Waals surface area contributed by atoms with Crippen LogP contribution in [-0.4, -0.2) is 43.9 Å². The van der Waals surface area contributed by atoms with Gasteiger partial charge in [0.25, 0.3) is 0 Å². The van der Waals surface area contributed by atoms with Crippen LogP contribution >= 0.6 is 0 Å². The standard InChI is InChI=1S/C19H20O8S/c1-25-16-4-3-11(7-13(16)20)17-10-15(22)19-14(21)8-12(9-18(19)27-17)26-5-2-6-28(23)24/h3-4,7-9,17,20-21,28H,2,5-6,10H2,1H3. The first-order valence-corrected chi connectivity index (χ1v) is 9.93. The second-order valence-corrected chi connectivity index (χ2v) is 7.35. The van der Waals surface area contributed by atoms with Crippen LogP contribution in [0.3, 0.4) is 0 Å². The van der Waals surface area contributed by atoms with Crippen LogP contribution < -0.4 is 14.2 Å². The van der Waals surface area contributed by atoms with Crippen molar-refractivity contribution in [3.8, 4) is 28.7 Å². The highest BCUT2D eigenvalue weighted by atomic mass is 32.2. The summed E-state index contributed by atoms with van der Waals surface area (Å²) >= 11 is 0. The highest BCUT2D eigenvalue weighted by molar-refractivity contribution is 7.72. The molecule has 0 radical (unpaired) electrons. The summed E-state index contributed by atoms with van der Waals surface area (Å²) < 4.78 is 37.5. The van der Waals surface area contributed by atoms with Gasteiger partial charge < -0.3 is 24.4 Å². The summed E-state index contributed by atoms with van der Waals surface area (Å²) in [6.45, 7) is 0.144. The molecule has 0 spiro atoms. The van der Waals surface area contributed by atoms with Gasteiger partial charge in [-0.05, 0) is 24.1 Å². The van der Waals surface area contributed by atoms with Crippen molar-refractivity contribution in [3.63, 3.8) is 0 Å². The number of rotatable bonds is 7. The van der Waals surface area contributed by atoms with Crippen molar-refractivity contribution in [2.24, 2.45) is 0 Å². The largest absolute Gasteiger partial charge is 0.507 e. The number of phenols is 2. The van der Waals surface area contributed by atoms with E-state index in [4.69, 9.17) is 14.2 Å². The van der Waals surface area contributed by atoms with Crippen LogP contribution in [0.1, 0.15) is 34.9 Å². The topological polar surface area (TPSA) is 119 Å². The monoisotopic (exact) mass is 408 g/mol. The highest BCUT2D eigenvalue weighted by Gasteiger charge is 2.31. The third kappa shape index (κ3) is 4.30. The fourth-order valence-electron chi connectivity index (χ4n) is 2.97. The molecule has 8 nitrogen and oxygen atoms in total. The first kappa shape index (κ1) is 19.8. The lowest BCUT2D eigenvalue weighted by atomic mass is 9.95. The van der Waals surface area contributed by atoms with Gasteiger partial charge in [0.2, 0.25) is 0 Å². The molecule has 9 heteroatoms. The number of carbonyl (C=O) groups excluding carboxylic acids is 1. The average Bonchev–Trinajstić information content (AvgIpc) is 2.64. The second-order valence-electron chi connectivity index (χ2n) is 6.24. The van der Waals surface area contributed by atoms with Crippen molar-refractivity contribution in [1.82, 2.24) is 0 Å². The smallest absolute Gasteiger partial charge is 0.174 e. The van der Waals surface area contributed by atoms with Crippen molar-refractivity contribution in [1.29, 1.82) is 0 Å². The van der Waals surface area contributed by atoms with Crippen molar-refractivity contribution in [2.75, 3.05) is 19.5 Å². The summed E-state index contributed by atoms with van der Waals surface area (Å²) in [7, 11) is -1.03. The number of methoxy groups -OCH3 is 1. The minimum atomic E-state index is -2.47. The molecule has 0 fully saturated rings. The van der Waals surface area contributed by atoms with Gasteiger partial charge in [0.05, 0.1) is 25.9 Å². The molecule has 0 aromatic heterocycles. The minimum Gasteiger partial charge on any atom is -0.507 e. The second kappa shape index (κ2) is 8.39. The third-order valence-electron chi connectivity index (χ3n) is 4.30. The molecule has 28 heavy (non-hydrogen) atoms. The fourth-order valence-corrected chi connectivity index (χ4v) is 3.36. The predicted molar refractivity (Wildman–Crippen MR) is 100 cm³/mol. The molecule has 1 aliphatic heterocycles. The summed E-state index contributed by atoms with van der Waals surface area (Å²) in [5.74, 6) is 0.116. The number of fused-ring (bicyclic) bond motifs is 1. The highest BCUT2D eigenvalue weighted by Crippen LogP contribution is 2.42. The zero-order valence-electron chi connectivity index (χ0n) is 15.1. The van der Waals surface area contributed by atoms with Gasteiger partial charge in [-0.3, -0.25) is 4.79 Å². The van der Waals surface area contributed by atoms with Gasteiger partial charge in [-0.2, -0.15) is 0 Å². The van der Waals surface area contributed by atoms with E-state index in [1.54, 1.807) is 12.1 Å². The Labute approximate surface area is 163 Å². The zero-order chi connectivity index (χ0) is 20.3. The first-order chi connectivity index (χ1) is 13.4. The molecular weight excluding hydrogens is 388 g/mol. The summed E-state index contributed by atoms with van der Waals surface area (Å²) in [5, 5.41) is 20.1. The molecule has 3 rings (SSSR count). The molecule has 2 N–H and O–H groups in total. The molecule has 2 aromatic carbocycles. The lowest BCUT2D eigenvalue weighted by molar-refractivity contribution is 0.0844. The molecule has 1 aliphatic rings. The van der Waals surface area contributed by atoms with Gasteiger partial charge in [0, 0.05) is 12.1 Å². The molecule has 0 aliphatic carbocycles. The molecule has 0 saturated heterocycles. The van der Waals surface area contributed by atoms with E-state index in [1.807, 2.05) is 0 Å². The van der Waals surface area contributed by atoms with Crippen LogP contribution in [0.25, 0.3) is 0 Å². The first-order valence-electron chi connectivity index (χ1n) is 8.57. The number of hydrogen-bond donors (Lipinski definition) is 3. The number of aromatic hydroxyl groups is 2. The molecule has 1 unspecified atom stereocenters. The van der Waals surface area contributed by atoms with Crippen molar-refractivity contribution >= 4 is 16.5 Å². The number of phenolic OH excluding ortho intramolecular Hbond substituents is 2. The van der Waals surface area contributed by atoms with Gasteiger partial charge in [-0.25, -0.2) is 8.42 Å². The van der Waals surface area contributed by atoms with Crippen LogP contribution in [-0.2, 0) is 10.7 Å². The molecule has 0 bridgehead atoms. The van der Waals surface area contributed by atoms with E-state index in [0.717, 1.165) is 0 Å². The Morgan fingerprint density at radius 1 is 1.18 bits per heavy atom. The Kier molecular flexibility index (Phi) is 5.93. The lowest BCUT2D eigenvalue weighted by Gasteiger charge is -2.26. The Hall–Kier alpha value is -2.94. The van der Waals surface area contributed by atoms with E-state index < -0.39 is 16.8 Å². The number of benzene rings is 2. The molecular formula is C19H20O8S. The fraction of sp³-hybridized carbons (Fsp3) is 0.316. The van der Waals surface area contributed by atoms with Gasteiger partial charge >= 0.3 is 0 Å². The molecule has 2 aromatic rings. The number of hydrogen-bond acceptors (Lipinski definition) is 8. The molecule has 0 saturated carbocycles. The number of ketones is 1. The van der Waals surface area contributed by atoms with E-state index in [9.17, 15) is 23.4 Å². The van der Waals surface area contributed by atoms with Gasteiger partial charge in [-0.1, -0.05) is 6.07 Å². The maximum atomic E-state index is 12.5. The predicted octanol–water partition coefficient (Wildman–Crippen LogP) is 2.19. The lowest BCUT2D eigenvalue weighted by Crippen LogP contribution is -2.20. The van der Waals surface area contributed by atoms with E-state index >= 15 is 0 Å². The summed E-state index contributed by atoms with van der Waals surface area (Å²) in [6, 6.07) is 7.51. The van der Waals surface area contributed by atoms with E-state index in [0.29, 0.717) is 17.7 Å². The van der Waals surface area contributed by atoms with Crippen LogP contribution in [0.15, 0.2) is 30.3 Å². The van der Waals surface area contributed by atoms with Crippen molar-refractivity contribution in [2.45, 2.75) is 18.9 Å². The van der Waals surface area contributed by atoms with E-state index in [1.165, 1.54) is 25.3 Å². The minimum absolute atomic E-state index is 0.00306. The number of thiol groups is 1. The van der Waals surface area contributed by atoms with Crippen LogP contribution in [0.5, 0.6) is 28.7 Å². The Balaban J connectivity index is 1.81. The molecule has 0 amide bonds. The number of ether oxygens (including phenoxy) is 3. The third-order valence-corrected chi connectivity index (χ3v) is 4.98. The van der Waals surface area contributed by atoms with Gasteiger partial charge in [0.15, 0.2) is 17.3 Å². The quantitative estimate of drug-likeness (QED) is 0.471. The maximum absolute atomic E-state index is 12.5. The van der Waals surface area contributed by atoms with E-state index in [-0.39, 0.29) is 53.1 Å². The SMILES string of the molecule is COc1ccc(C2CC(=O)c3c(O)cc(OCCC[SH](=O)=O)cc3O2)cc1O. The Bertz CT molecular complexity index is 959. The zero-order valence-corrected chi connectivity index (χ0v) is 16.0. The van der Waals surface area contributed by atoms with Crippen LogP contribution in [0, 0.1) is 0 Å². The molecule has 150 valence electrons. The summed E-state index contributed by atoms with van der Waals surface area (Å²) in [4.78, 5) is 12.5. The van der Waals surface area contributed by atoms with Crippen LogP contribution in [0.4, 0.5) is 0 Å². The van der Waals surface area contributed by atoms with Crippen molar-refractivity contribution in [3.05, 3.63) is 41.5 Å². The molecule has 1 atom stereocenters. The summed E-state index contributed by atoms with van der Waals surface area (Å²) in [5.41, 5.74) is 0.659. The number of carbonyl (C=O) groups is 1. The van der Waals surface area contributed by atoms with Crippen LogP contribution in [0.2, 0.25) is 0 Å². The average molecular weight is 408 g/mol. The van der Waals surface area contributed by atoms with Gasteiger partial charge in [-0.15, -0.1) is 0 Å².